The van der Waals surface area contributed by atoms with Crippen molar-refractivity contribution in [3.8, 4) is 5.69 Å². The summed E-state index contributed by atoms with van der Waals surface area (Å²) in [6, 6.07) is 11.1. The van der Waals surface area contributed by atoms with Crippen LogP contribution in [0.25, 0.3) is 5.69 Å². The summed E-state index contributed by atoms with van der Waals surface area (Å²) in [6.07, 6.45) is 3.77. The second kappa shape index (κ2) is 6.08. The predicted octanol–water partition coefficient (Wildman–Crippen LogP) is 3.29. The number of halogens is 2. The van der Waals surface area contributed by atoms with E-state index >= 15 is 0 Å². The van der Waals surface area contributed by atoms with Crippen molar-refractivity contribution >= 4 is 11.6 Å². The molecule has 0 aliphatic heterocycles. The number of aromatic nitrogens is 3. The van der Waals surface area contributed by atoms with E-state index in [-0.39, 0.29) is 17.7 Å². The Hall–Kier alpha value is -3.09. The van der Waals surface area contributed by atoms with Crippen LogP contribution in [0.5, 0.6) is 0 Å². The van der Waals surface area contributed by atoms with E-state index in [0.717, 1.165) is 11.8 Å². The summed E-state index contributed by atoms with van der Waals surface area (Å²) >= 11 is 0. The smallest absolute Gasteiger partial charge is 0.228 e. The molecule has 5 nitrogen and oxygen atoms in total. The van der Waals surface area contributed by atoms with Crippen LogP contribution in [0.15, 0.2) is 55.1 Å². The van der Waals surface area contributed by atoms with Gasteiger partial charge in [0.05, 0.1) is 5.69 Å². The van der Waals surface area contributed by atoms with Gasteiger partial charge in [-0.3, -0.25) is 9.36 Å². The molecule has 0 spiro atoms. The van der Waals surface area contributed by atoms with Crippen molar-refractivity contribution in [1.82, 2.24) is 14.8 Å². The van der Waals surface area contributed by atoms with Gasteiger partial charge in [0.15, 0.2) is 11.6 Å². The molecule has 7 heteroatoms. The van der Waals surface area contributed by atoms with Crippen molar-refractivity contribution in [2.45, 2.75) is 12.3 Å². The molecule has 1 amide bonds. The zero-order valence-corrected chi connectivity index (χ0v) is 13.1. The number of hydrogen-bond acceptors (Lipinski definition) is 3. The zero-order chi connectivity index (χ0) is 17.4. The molecule has 1 N–H and O–H groups in total. The Labute approximate surface area is 142 Å². The molecular weight excluding hydrogens is 326 g/mol. The number of rotatable bonds is 4. The summed E-state index contributed by atoms with van der Waals surface area (Å²) in [5, 5.41) is 10.4. The minimum absolute atomic E-state index is 0.0730. The molecule has 1 heterocycles. The highest BCUT2D eigenvalue weighted by atomic mass is 19.2. The van der Waals surface area contributed by atoms with Crippen LogP contribution < -0.4 is 5.32 Å². The molecule has 0 radical (unpaired) electrons. The van der Waals surface area contributed by atoms with E-state index in [4.69, 9.17) is 0 Å². The summed E-state index contributed by atoms with van der Waals surface area (Å²) in [5.41, 5.74) is 2.14. The largest absolute Gasteiger partial charge is 0.326 e. The van der Waals surface area contributed by atoms with Crippen molar-refractivity contribution in [3.63, 3.8) is 0 Å². The Bertz CT molecular complexity index is 927. The molecule has 4 rings (SSSR count). The number of hydrogen-bond donors (Lipinski definition) is 1. The lowest BCUT2D eigenvalue weighted by Crippen LogP contribution is -2.14. The number of amides is 1. The summed E-state index contributed by atoms with van der Waals surface area (Å²) < 4.78 is 28.1. The first kappa shape index (κ1) is 15.4. The van der Waals surface area contributed by atoms with Gasteiger partial charge in [0.1, 0.15) is 12.7 Å². The molecule has 0 unspecified atom stereocenters. The van der Waals surface area contributed by atoms with E-state index in [2.05, 4.69) is 15.5 Å². The second-order valence-corrected chi connectivity index (χ2v) is 6.03. The normalized spacial score (nSPS) is 18.8. The van der Waals surface area contributed by atoms with Crippen LogP contribution in [0.1, 0.15) is 17.9 Å². The minimum Gasteiger partial charge on any atom is -0.326 e. The van der Waals surface area contributed by atoms with Crippen LogP contribution in [0.3, 0.4) is 0 Å². The quantitative estimate of drug-likeness (QED) is 0.793. The number of benzene rings is 2. The van der Waals surface area contributed by atoms with E-state index in [9.17, 15) is 13.6 Å². The van der Waals surface area contributed by atoms with Crippen LogP contribution in [0.2, 0.25) is 0 Å². The summed E-state index contributed by atoms with van der Waals surface area (Å²) in [5.74, 6) is -2.20. The number of carbonyl (C=O) groups is 1. The summed E-state index contributed by atoms with van der Waals surface area (Å²) in [4.78, 5) is 12.4. The molecule has 1 saturated carbocycles. The third-order valence-electron chi connectivity index (χ3n) is 4.33. The van der Waals surface area contributed by atoms with Gasteiger partial charge in [0.25, 0.3) is 0 Å². The van der Waals surface area contributed by atoms with Gasteiger partial charge >= 0.3 is 0 Å². The van der Waals surface area contributed by atoms with Gasteiger partial charge < -0.3 is 5.32 Å². The van der Waals surface area contributed by atoms with Crippen LogP contribution in [0, 0.1) is 17.6 Å². The van der Waals surface area contributed by atoms with Gasteiger partial charge in [-0.2, -0.15) is 0 Å². The van der Waals surface area contributed by atoms with Crippen molar-refractivity contribution in [2.24, 2.45) is 5.92 Å². The minimum atomic E-state index is -0.884. The van der Waals surface area contributed by atoms with Crippen LogP contribution in [-0.2, 0) is 4.79 Å². The molecule has 1 fully saturated rings. The molecular formula is C18H14F2N4O. The van der Waals surface area contributed by atoms with E-state index in [0.29, 0.717) is 17.7 Å². The highest BCUT2D eigenvalue weighted by Gasteiger charge is 2.44. The number of carbonyl (C=O) groups excluding carboxylic acids is 1. The molecule has 0 saturated heterocycles. The average molecular weight is 340 g/mol. The van der Waals surface area contributed by atoms with Gasteiger partial charge in [-0.15, -0.1) is 10.2 Å². The molecule has 2 aromatic carbocycles. The fourth-order valence-corrected chi connectivity index (χ4v) is 2.91. The van der Waals surface area contributed by atoms with Crippen molar-refractivity contribution in [2.75, 3.05) is 5.32 Å². The van der Waals surface area contributed by atoms with Crippen molar-refractivity contribution in [3.05, 3.63) is 72.3 Å². The fraction of sp³-hybridized carbons (Fsp3) is 0.167. The molecule has 1 aliphatic rings. The number of nitrogens with zero attached hydrogens (tertiary/aromatic N) is 3. The Morgan fingerprint density at radius 3 is 2.64 bits per heavy atom. The number of anilines is 1. The van der Waals surface area contributed by atoms with Crippen molar-refractivity contribution < 1.29 is 13.6 Å². The third kappa shape index (κ3) is 3.13. The highest BCUT2D eigenvalue weighted by Crippen LogP contribution is 2.48. The van der Waals surface area contributed by atoms with Gasteiger partial charge in [-0.1, -0.05) is 12.1 Å². The van der Waals surface area contributed by atoms with Gasteiger partial charge in [0, 0.05) is 11.6 Å². The van der Waals surface area contributed by atoms with Gasteiger partial charge in [0.2, 0.25) is 5.91 Å². The maximum absolute atomic E-state index is 13.3. The van der Waals surface area contributed by atoms with Crippen LogP contribution >= 0.6 is 0 Å². The lowest BCUT2D eigenvalue weighted by molar-refractivity contribution is -0.117. The van der Waals surface area contributed by atoms with E-state index in [1.165, 1.54) is 12.1 Å². The second-order valence-electron chi connectivity index (χ2n) is 6.03. The molecule has 0 bridgehead atoms. The first-order valence-electron chi connectivity index (χ1n) is 7.83. The lowest BCUT2D eigenvalue weighted by Gasteiger charge is -2.08. The SMILES string of the molecule is O=C(Nc1cccc(-n2cnnc2)c1)[C@@H]1C[C@@H]1c1ccc(F)c(F)c1. The van der Waals surface area contributed by atoms with E-state index in [1.807, 2.05) is 18.2 Å². The Kier molecular flexibility index (Phi) is 3.76. The van der Waals surface area contributed by atoms with Crippen LogP contribution in [0.4, 0.5) is 14.5 Å². The van der Waals surface area contributed by atoms with Crippen molar-refractivity contribution in [1.29, 1.82) is 0 Å². The van der Waals surface area contributed by atoms with Gasteiger partial charge in [-0.25, -0.2) is 8.78 Å². The van der Waals surface area contributed by atoms with E-state index in [1.54, 1.807) is 23.3 Å². The Morgan fingerprint density at radius 2 is 1.88 bits per heavy atom. The lowest BCUT2D eigenvalue weighted by atomic mass is 10.1. The first-order chi connectivity index (χ1) is 12.1. The molecule has 2 atom stereocenters. The Morgan fingerprint density at radius 1 is 1.08 bits per heavy atom. The maximum Gasteiger partial charge on any atom is 0.228 e. The predicted molar refractivity (Wildman–Crippen MR) is 87.2 cm³/mol. The standard InChI is InChI=1S/C18H14F2N4O/c19-16-5-4-11(6-17(16)20)14-8-15(14)18(25)23-12-2-1-3-13(7-12)24-9-21-22-10-24/h1-7,9-10,14-15H,8H2,(H,23,25)/t14-,15-/m1/s1. The zero-order valence-electron chi connectivity index (χ0n) is 13.1. The maximum atomic E-state index is 13.3. The summed E-state index contributed by atoms with van der Waals surface area (Å²) in [7, 11) is 0. The third-order valence-corrected chi connectivity index (χ3v) is 4.33. The highest BCUT2D eigenvalue weighted by molar-refractivity contribution is 5.95. The van der Waals surface area contributed by atoms with E-state index < -0.39 is 11.6 Å². The monoisotopic (exact) mass is 340 g/mol. The average Bonchev–Trinajstić information content (AvgIpc) is 3.22. The first-order valence-corrected chi connectivity index (χ1v) is 7.83. The molecule has 25 heavy (non-hydrogen) atoms. The molecule has 1 aromatic heterocycles. The Balaban J connectivity index is 1.45. The topological polar surface area (TPSA) is 59.8 Å². The fourth-order valence-electron chi connectivity index (χ4n) is 2.91. The number of nitrogens with one attached hydrogen (secondary N) is 1. The van der Waals surface area contributed by atoms with Gasteiger partial charge in [-0.05, 0) is 48.2 Å². The molecule has 1 aliphatic carbocycles. The summed E-state index contributed by atoms with van der Waals surface area (Å²) in [6.45, 7) is 0. The molecule has 3 aromatic rings. The van der Waals surface area contributed by atoms with Crippen LogP contribution in [-0.4, -0.2) is 20.7 Å². The molecule has 126 valence electrons.